The lowest BCUT2D eigenvalue weighted by molar-refractivity contribution is -0.138. The van der Waals surface area contributed by atoms with Crippen molar-refractivity contribution in [3.8, 4) is 28.0 Å². The number of halogens is 1. The number of hydrogen-bond acceptors (Lipinski definition) is 5. The normalized spacial score (nSPS) is 16.5. The van der Waals surface area contributed by atoms with E-state index in [0.717, 1.165) is 58.6 Å². The first-order valence-electron chi connectivity index (χ1n) is 17.8. The Labute approximate surface area is 287 Å². The number of ether oxygens (including phenoxy) is 2. The van der Waals surface area contributed by atoms with Crippen molar-refractivity contribution in [1.82, 2.24) is 0 Å². The summed E-state index contributed by atoms with van der Waals surface area (Å²) in [6.45, 7) is 11.2. The Morgan fingerprint density at radius 2 is 1.58 bits per heavy atom. The predicted molar refractivity (Wildman–Crippen MR) is 193 cm³/mol. The molecule has 1 saturated carbocycles. The van der Waals surface area contributed by atoms with E-state index in [1.165, 1.54) is 38.5 Å². The van der Waals surface area contributed by atoms with Gasteiger partial charge in [-0.15, -0.1) is 0 Å². The van der Waals surface area contributed by atoms with Gasteiger partial charge in [0.2, 0.25) is 0 Å². The summed E-state index contributed by atoms with van der Waals surface area (Å²) in [6, 6.07) is 17.9. The number of carbonyl (C=O) groups excluding carboxylic acids is 1. The van der Waals surface area contributed by atoms with Gasteiger partial charge < -0.3 is 19.7 Å². The standard InChI is InChI=1S/C42H55FO5/c1-6-8-9-10-30-11-13-32(14-12-30)33-15-19-38(39(43)25-33)35-16-18-37(31(7-2)23-35)34-17-20-40(48-28-42(5,26-44)27-45)36(24-34)21-22-47-41(46)29(3)4/h15-20,23-25,30,32,44-45H,3,6-14,21-22,26-28H2,1-2,4-5H3. The molecule has 0 spiro atoms. The molecule has 0 radical (unpaired) electrons. The molecule has 4 rings (SSSR count). The van der Waals surface area contributed by atoms with Gasteiger partial charge in [0, 0.05) is 23.0 Å². The number of esters is 1. The third kappa shape index (κ3) is 9.79. The number of aryl methyl sites for hydroxylation is 1. The molecule has 3 aromatic carbocycles. The molecule has 6 heteroatoms. The average Bonchev–Trinajstić information content (AvgIpc) is 3.10. The number of aliphatic hydroxyl groups is 2. The lowest BCUT2D eigenvalue weighted by Gasteiger charge is -2.29. The van der Waals surface area contributed by atoms with Gasteiger partial charge in [-0.2, -0.15) is 0 Å². The summed E-state index contributed by atoms with van der Waals surface area (Å²) in [7, 11) is 0. The van der Waals surface area contributed by atoms with Crippen LogP contribution in [0, 0.1) is 17.2 Å². The smallest absolute Gasteiger partial charge is 0.333 e. The summed E-state index contributed by atoms with van der Waals surface area (Å²) in [5, 5.41) is 19.5. The quantitative estimate of drug-likeness (QED) is 0.0858. The first-order chi connectivity index (χ1) is 23.1. The second-order valence-corrected chi connectivity index (χ2v) is 14.1. The Morgan fingerprint density at radius 1 is 0.917 bits per heavy atom. The van der Waals surface area contributed by atoms with Crippen LogP contribution in [-0.2, 0) is 22.4 Å². The molecule has 1 fully saturated rings. The van der Waals surface area contributed by atoms with Gasteiger partial charge in [-0.3, -0.25) is 0 Å². The molecule has 0 saturated heterocycles. The van der Waals surface area contributed by atoms with Crippen molar-refractivity contribution in [2.24, 2.45) is 11.3 Å². The molecular formula is C42H55FO5. The Kier molecular flexibility index (Phi) is 13.8. The van der Waals surface area contributed by atoms with Gasteiger partial charge in [0.15, 0.2) is 0 Å². The number of rotatable bonds is 17. The predicted octanol–water partition coefficient (Wildman–Crippen LogP) is 9.61. The van der Waals surface area contributed by atoms with Crippen molar-refractivity contribution >= 4 is 5.97 Å². The minimum absolute atomic E-state index is 0.122. The Hall–Kier alpha value is -3.48. The SMILES string of the molecule is C=C(C)C(=O)OCCc1cc(-c2ccc(-c3ccc(C4CCC(CCCCC)CC4)cc3F)cc2CC)ccc1OCC(C)(CO)CO. The van der Waals surface area contributed by atoms with Crippen molar-refractivity contribution in [2.45, 2.75) is 97.8 Å². The van der Waals surface area contributed by atoms with Gasteiger partial charge in [-0.05, 0) is 102 Å². The van der Waals surface area contributed by atoms with Gasteiger partial charge in [-0.1, -0.05) is 89.4 Å². The fourth-order valence-corrected chi connectivity index (χ4v) is 6.68. The molecule has 3 aromatic rings. The maximum atomic E-state index is 15.7. The number of unbranched alkanes of at least 4 members (excludes halogenated alkanes) is 2. The van der Waals surface area contributed by atoms with Gasteiger partial charge in [0.25, 0.3) is 0 Å². The van der Waals surface area contributed by atoms with Crippen LogP contribution in [0.15, 0.2) is 66.7 Å². The molecule has 0 atom stereocenters. The molecule has 0 heterocycles. The molecule has 1 aliphatic rings. The highest BCUT2D eigenvalue weighted by atomic mass is 19.1. The highest BCUT2D eigenvalue weighted by Crippen LogP contribution is 2.40. The fraction of sp³-hybridized carbons (Fsp3) is 0.500. The molecular weight excluding hydrogens is 603 g/mol. The van der Waals surface area contributed by atoms with Crippen molar-refractivity contribution < 1.29 is 28.9 Å². The largest absolute Gasteiger partial charge is 0.493 e. The van der Waals surface area contributed by atoms with Crippen LogP contribution >= 0.6 is 0 Å². The second kappa shape index (κ2) is 17.8. The van der Waals surface area contributed by atoms with Gasteiger partial charge >= 0.3 is 5.97 Å². The highest BCUT2D eigenvalue weighted by molar-refractivity contribution is 5.86. The Balaban J connectivity index is 1.54. The maximum Gasteiger partial charge on any atom is 0.333 e. The van der Waals surface area contributed by atoms with Crippen LogP contribution in [0.3, 0.4) is 0 Å². The van der Waals surface area contributed by atoms with Crippen LogP contribution in [0.5, 0.6) is 5.75 Å². The summed E-state index contributed by atoms with van der Waals surface area (Å²) in [5.74, 6) is 1.25. The van der Waals surface area contributed by atoms with E-state index in [2.05, 4.69) is 38.6 Å². The van der Waals surface area contributed by atoms with Crippen LogP contribution < -0.4 is 4.74 Å². The third-order valence-electron chi connectivity index (χ3n) is 9.99. The van der Waals surface area contributed by atoms with E-state index >= 15 is 4.39 Å². The van der Waals surface area contributed by atoms with E-state index in [-0.39, 0.29) is 32.2 Å². The van der Waals surface area contributed by atoms with Crippen LogP contribution in [0.2, 0.25) is 0 Å². The second-order valence-electron chi connectivity index (χ2n) is 14.1. The van der Waals surface area contributed by atoms with E-state index in [4.69, 9.17) is 9.47 Å². The van der Waals surface area contributed by atoms with Crippen LogP contribution in [-0.4, -0.2) is 42.6 Å². The fourth-order valence-electron chi connectivity index (χ4n) is 6.68. The highest BCUT2D eigenvalue weighted by Gasteiger charge is 2.25. The van der Waals surface area contributed by atoms with E-state index in [1.807, 2.05) is 30.3 Å². The molecule has 1 aliphatic carbocycles. The van der Waals surface area contributed by atoms with Crippen molar-refractivity contribution in [3.05, 3.63) is 89.3 Å². The van der Waals surface area contributed by atoms with Crippen LogP contribution in [0.1, 0.15) is 102 Å². The van der Waals surface area contributed by atoms with E-state index < -0.39 is 11.4 Å². The average molecular weight is 659 g/mol. The van der Waals surface area contributed by atoms with Crippen LogP contribution in [0.4, 0.5) is 4.39 Å². The first kappa shape index (κ1) is 37.3. The van der Waals surface area contributed by atoms with Crippen molar-refractivity contribution in [2.75, 3.05) is 26.4 Å². The van der Waals surface area contributed by atoms with Crippen molar-refractivity contribution in [1.29, 1.82) is 0 Å². The molecule has 0 amide bonds. The molecule has 48 heavy (non-hydrogen) atoms. The van der Waals surface area contributed by atoms with Gasteiger partial charge in [-0.25, -0.2) is 9.18 Å². The number of hydrogen-bond donors (Lipinski definition) is 2. The monoisotopic (exact) mass is 658 g/mol. The van der Waals surface area contributed by atoms with Crippen LogP contribution in [0.25, 0.3) is 22.3 Å². The Bertz CT molecular complexity index is 1520. The van der Waals surface area contributed by atoms with E-state index in [9.17, 15) is 15.0 Å². The zero-order valence-electron chi connectivity index (χ0n) is 29.5. The molecule has 5 nitrogen and oxygen atoms in total. The number of aliphatic hydroxyl groups excluding tert-OH is 2. The lowest BCUT2D eigenvalue weighted by atomic mass is 9.77. The summed E-state index contributed by atoms with van der Waals surface area (Å²) in [4.78, 5) is 12.0. The molecule has 260 valence electrons. The summed E-state index contributed by atoms with van der Waals surface area (Å²) in [6.07, 6.45) is 11.2. The summed E-state index contributed by atoms with van der Waals surface area (Å²) < 4.78 is 27.1. The zero-order chi connectivity index (χ0) is 34.7. The molecule has 0 aromatic heterocycles. The molecule has 0 aliphatic heterocycles. The third-order valence-corrected chi connectivity index (χ3v) is 9.99. The summed E-state index contributed by atoms with van der Waals surface area (Å²) >= 11 is 0. The zero-order valence-corrected chi connectivity index (χ0v) is 29.5. The number of benzene rings is 3. The minimum atomic E-state index is -0.797. The van der Waals surface area contributed by atoms with E-state index in [1.54, 1.807) is 19.9 Å². The van der Waals surface area contributed by atoms with Gasteiger partial charge in [0.1, 0.15) is 11.6 Å². The van der Waals surface area contributed by atoms with Crippen molar-refractivity contribution in [3.63, 3.8) is 0 Å². The molecule has 0 bridgehead atoms. The molecule has 2 N–H and O–H groups in total. The first-order valence-corrected chi connectivity index (χ1v) is 17.8. The topological polar surface area (TPSA) is 76.0 Å². The van der Waals surface area contributed by atoms with E-state index in [0.29, 0.717) is 29.2 Å². The van der Waals surface area contributed by atoms with Gasteiger partial charge in [0.05, 0.1) is 26.4 Å². The maximum absolute atomic E-state index is 15.7. The number of carbonyl (C=O) groups is 1. The minimum Gasteiger partial charge on any atom is -0.493 e. The summed E-state index contributed by atoms with van der Waals surface area (Å²) in [5.41, 5.74) is 6.08. The lowest BCUT2D eigenvalue weighted by Crippen LogP contribution is -2.33. The molecule has 0 unspecified atom stereocenters. The Morgan fingerprint density at radius 3 is 2.23 bits per heavy atom.